The van der Waals surface area contributed by atoms with Crippen molar-refractivity contribution in [2.45, 2.75) is 18.6 Å². The fourth-order valence-corrected chi connectivity index (χ4v) is 2.59. The molecular formula is C14H18FN5O. The molecule has 3 aliphatic rings. The van der Waals surface area contributed by atoms with Crippen LogP contribution in [-0.2, 0) is 4.79 Å². The maximum absolute atomic E-state index is 13.2. The number of nitrogens with one attached hydrogen (secondary N) is 3. The third kappa shape index (κ3) is 2.96. The monoisotopic (exact) mass is 291 g/mol. The van der Waals surface area contributed by atoms with Gasteiger partial charge in [0.25, 0.3) is 5.91 Å². The van der Waals surface area contributed by atoms with E-state index >= 15 is 0 Å². The van der Waals surface area contributed by atoms with Crippen LogP contribution in [0.4, 0.5) is 4.39 Å². The van der Waals surface area contributed by atoms with E-state index in [1.807, 2.05) is 17.1 Å². The molecule has 3 aliphatic heterocycles. The summed E-state index contributed by atoms with van der Waals surface area (Å²) in [5.74, 6) is 0.606. The van der Waals surface area contributed by atoms with Gasteiger partial charge in [0.1, 0.15) is 12.0 Å². The highest BCUT2D eigenvalue weighted by atomic mass is 19.1. The van der Waals surface area contributed by atoms with E-state index in [9.17, 15) is 9.18 Å². The van der Waals surface area contributed by atoms with Crippen molar-refractivity contribution < 1.29 is 9.18 Å². The number of halogens is 1. The predicted molar refractivity (Wildman–Crippen MR) is 78.3 cm³/mol. The van der Waals surface area contributed by atoms with Gasteiger partial charge in [-0.3, -0.25) is 9.79 Å². The first kappa shape index (κ1) is 13.8. The number of hydrogen-bond donors (Lipinski definition) is 3. The first-order valence-electron chi connectivity index (χ1n) is 7.07. The van der Waals surface area contributed by atoms with Gasteiger partial charge < -0.3 is 20.9 Å². The molecule has 0 aromatic rings. The van der Waals surface area contributed by atoms with Gasteiger partial charge in [0.15, 0.2) is 0 Å². The molecule has 0 aromatic heterocycles. The van der Waals surface area contributed by atoms with E-state index in [1.54, 1.807) is 6.20 Å². The summed E-state index contributed by atoms with van der Waals surface area (Å²) < 4.78 is 13.2. The normalized spacial score (nSPS) is 30.8. The molecular weight excluding hydrogens is 273 g/mol. The highest BCUT2D eigenvalue weighted by molar-refractivity contribution is 6.26. The SMILES string of the molecule is N=C1CNC(=O)/C1=C/NC1C=CC(N2CC[C@H](F)C2)=NC1. The maximum atomic E-state index is 13.2. The van der Waals surface area contributed by atoms with Gasteiger partial charge in [0.2, 0.25) is 0 Å². The number of hydrogen-bond acceptors (Lipinski definition) is 5. The van der Waals surface area contributed by atoms with Crippen molar-refractivity contribution in [3.63, 3.8) is 0 Å². The molecule has 2 atom stereocenters. The molecule has 7 heteroatoms. The third-order valence-corrected chi connectivity index (χ3v) is 3.82. The van der Waals surface area contributed by atoms with Crippen molar-refractivity contribution in [2.24, 2.45) is 4.99 Å². The molecule has 6 nitrogen and oxygen atoms in total. The summed E-state index contributed by atoms with van der Waals surface area (Å²) in [6.45, 7) is 1.96. The standard InChI is InChI=1S/C14H18FN5O/c15-9-3-4-20(8-9)13-2-1-10(5-18-13)17-6-11-12(16)7-19-14(11)21/h1-2,6,9-10,16-17H,3-5,7-8H2,(H,19,21)/b11-6+,16-12?/t9-,10?/m0/s1. The third-order valence-electron chi connectivity index (χ3n) is 3.82. The number of alkyl halides is 1. The summed E-state index contributed by atoms with van der Waals surface area (Å²) in [6.07, 6.45) is 5.23. The van der Waals surface area contributed by atoms with Gasteiger partial charge in [-0.15, -0.1) is 0 Å². The molecule has 3 N–H and O–H groups in total. The Morgan fingerprint density at radius 2 is 2.43 bits per heavy atom. The fourth-order valence-electron chi connectivity index (χ4n) is 2.59. The fraction of sp³-hybridized carbons (Fsp3) is 0.500. The van der Waals surface area contributed by atoms with Crippen molar-refractivity contribution in [2.75, 3.05) is 26.2 Å². The molecule has 21 heavy (non-hydrogen) atoms. The summed E-state index contributed by atoms with van der Waals surface area (Å²) >= 11 is 0. The van der Waals surface area contributed by atoms with Crippen molar-refractivity contribution >= 4 is 17.5 Å². The van der Waals surface area contributed by atoms with Crippen molar-refractivity contribution in [1.82, 2.24) is 15.5 Å². The van der Waals surface area contributed by atoms with Gasteiger partial charge in [-0.2, -0.15) is 0 Å². The number of amides is 1. The first-order chi connectivity index (χ1) is 10.1. The summed E-state index contributed by atoms with van der Waals surface area (Å²) in [5.41, 5.74) is 0.667. The van der Waals surface area contributed by atoms with Gasteiger partial charge in [-0.1, -0.05) is 6.08 Å². The Morgan fingerprint density at radius 3 is 3.00 bits per heavy atom. The average Bonchev–Trinajstić information content (AvgIpc) is 3.05. The zero-order valence-electron chi connectivity index (χ0n) is 11.6. The van der Waals surface area contributed by atoms with Crippen molar-refractivity contribution in [3.8, 4) is 0 Å². The Labute approximate surface area is 122 Å². The summed E-state index contributed by atoms with van der Waals surface area (Å²) in [7, 11) is 0. The second-order valence-corrected chi connectivity index (χ2v) is 5.38. The molecule has 2 saturated heterocycles. The van der Waals surface area contributed by atoms with Gasteiger partial charge >= 0.3 is 0 Å². The number of likely N-dealkylation sites (tertiary alicyclic amines) is 1. The van der Waals surface area contributed by atoms with Crippen LogP contribution in [0.25, 0.3) is 0 Å². The molecule has 0 spiro atoms. The molecule has 1 unspecified atom stereocenters. The van der Waals surface area contributed by atoms with Crippen molar-refractivity contribution in [1.29, 1.82) is 5.41 Å². The Balaban J connectivity index is 1.55. The van der Waals surface area contributed by atoms with Crippen LogP contribution >= 0.6 is 0 Å². The Hall–Kier alpha value is -2.18. The highest BCUT2D eigenvalue weighted by Crippen LogP contribution is 2.15. The van der Waals surface area contributed by atoms with E-state index in [0.717, 1.165) is 5.84 Å². The molecule has 0 radical (unpaired) electrons. The Kier molecular flexibility index (Phi) is 3.72. The van der Waals surface area contributed by atoms with Crippen LogP contribution in [0.2, 0.25) is 0 Å². The number of carbonyl (C=O) groups excluding carboxylic acids is 1. The highest BCUT2D eigenvalue weighted by Gasteiger charge is 2.25. The topological polar surface area (TPSA) is 80.6 Å². The number of aliphatic imine (C=N–C) groups is 1. The quantitative estimate of drug-likeness (QED) is 0.626. The lowest BCUT2D eigenvalue weighted by Crippen LogP contribution is -2.34. The molecule has 3 rings (SSSR count). The summed E-state index contributed by atoms with van der Waals surface area (Å²) in [5, 5.41) is 13.3. The number of carbonyl (C=O) groups is 1. The zero-order valence-corrected chi connectivity index (χ0v) is 11.6. The Bertz CT molecular complexity index is 536. The lowest BCUT2D eigenvalue weighted by atomic mass is 10.2. The second-order valence-electron chi connectivity index (χ2n) is 5.38. The van der Waals surface area contributed by atoms with Gasteiger partial charge in [-0.05, 0) is 12.5 Å². The molecule has 2 fully saturated rings. The minimum absolute atomic E-state index is 0.00812. The lowest BCUT2D eigenvalue weighted by Gasteiger charge is -2.22. The van der Waals surface area contributed by atoms with Crippen LogP contribution in [0, 0.1) is 5.41 Å². The van der Waals surface area contributed by atoms with E-state index in [-0.39, 0.29) is 18.5 Å². The van der Waals surface area contributed by atoms with Crippen LogP contribution < -0.4 is 10.6 Å². The van der Waals surface area contributed by atoms with Gasteiger partial charge in [0.05, 0.1) is 37.0 Å². The number of rotatable bonds is 2. The first-order valence-corrected chi connectivity index (χ1v) is 7.07. The van der Waals surface area contributed by atoms with E-state index in [4.69, 9.17) is 5.41 Å². The van der Waals surface area contributed by atoms with Crippen LogP contribution in [0.1, 0.15) is 6.42 Å². The van der Waals surface area contributed by atoms with Crippen LogP contribution in [0.15, 0.2) is 28.9 Å². The number of nitrogens with zero attached hydrogens (tertiary/aromatic N) is 2. The summed E-state index contributed by atoms with van der Waals surface area (Å²) in [6, 6.07) is -0.00812. The molecule has 0 aromatic carbocycles. The van der Waals surface area contributed by atoms with E-state index in [1.165, 1.54) is 0 Å². The largest absolute Gasteiger partial charge is 0.382 e. The molecule has 3 heterocycles. The van der Waals surface area contributed by atoms with Gasteiger partial charge in [0, 0.05) is 12.7 Å². The van der Waals surface area contributed by atoms with Gasteiger partial charge in [-0.25, -0.2) is 4.39 Å². The van der Waals surface area contributed by atoms with Crippen LogP contribution in [0.5, 0.6) is 0 Å². The zero-order chi connectivity index (χ0) is 14.8. The smallest absolute Gasteiger partial charge is 0.254 e. The number of amidine groups is 1. The summed E-state index contributed by atoms with van der Waals surface area (Å²) in [4.78, 5) is 17.9. The lowest BCUT2D eigenvalue weighted by molar-refractivity contribution is -0.116. The minimum atomic E-state index is -0.756. The molecule has 1 amide bonds. The van der Waals surface area contributed by atoms with E-state index in [0.29, 0.717) is 37.3 Å². The van der Waals surface area contributed by atoms with Crippen molar-refractivity contribution in [3.05, 3.63) is 23.9 Å². The van der Waals surface area contributed by atoms with E-state index < -0.39 is 6.17 Å². The molecule has 0 bridgehead atoms. The Morgan fingerprint density at radius 1 is 1.57 bits per heavy atom. The van der Waals surface area contributed by atoms with E-state index in [2.05, 4.69) is 15.6 Å². The average molecular weight is 291 g/mol. The predicted octanol–water partition coefficient (Wildman–Crippen LogP) is -0.00983. The molecule has 0 aliphatic carbocycles. The van der Waals surface area contributed by atoms with Crippen LogP contribution in [-0.4, -0.2) is 60.7 Å². The molecule has 112 valence electrons. The van der Waals surface area contributed by atoms with Crippen LogP contribution in [0.3, 0.4) is 0 Å². The molecule has 0 saturated carbocycles. The minimum Gasteiger partial charge on any atom is -0.382 e. The number of dihydropyridines is 1. The maximum Gasteiger partial charge on any atom is 0.254 e. The second kappa shape index (κ2) is 5.67.